The molecule has 124 valence electrons. The van der Waals surface area contributed by atoms with Gasteiger partial charge in [-0.15, -0.1) is 0 Å². The lowest BCUT2D eigenvalue weighted by Gasteiger charge is -2.30. The van der Waals surface area contributed by atoms with Crippen molar-refractivity contribution in [3.8, 4) is 0 Å². The molecule has 1 aliphatic rings. The number of amides is 1. The second-order valence-corrected chi connectivity index (χ2v) is 6.31. The summed E-state index contributed by atoms with van der Waals surface area (Å²) in [7, 11) is 0. The summed E-state index contributed by atoms with van der Waals surface area (Å²) in [6, 6.07) is 14.5. The van der Waals surface area contributed by atoms with Crippen LogP contribution in [-0.4, -0.2) is 25.2 Å². The number of hydrazone groups is 1. The Morgan fingerprint density at radius 3 is 2.92 bits per heavy atom. The molecule has 1 N–H and O–H groups in total. The highest BCUT2D eigenvalue weighted by atomic mass is 16.2. The SMILES string of the molecule is Cc1ccc(C=NNC(=O)CN2CCCc3ccccc32)c(C)c1. The summed E-state index contributed by atoms with van der Waals surface area (Å²) in [6.07, 6.45) is 3.87. The number of rotatable bonds is 4. The van der Waals surface area contributed by atoms with Crippen LogP contribution in [0.25, 0.3) is 0 Å². The van der Waals surface area contributed by atoms with Gasteiger partial charge in [0.2, 0.25) is 0 Å². The number of carbonyl (C=O) groups is 1. The first-order chi connectivity index (χ1) is 11.6. The molecule has 1 heterocycles. The van der Waals surface area contributed by atoms with Crippen molar-refractivity contribution in [1.29, 1.82) is 0 Å². The number of nitrogens with zero attached hydrogens (tertiary/aromatic N) is 2. The lowest BCUT2D eigenvalue weighted by molar-refractivity contribution is -0.119. The van der Waals surface area contributed by atoms with E-state index in [2.05, 4.69) is 46.6 Å². The highest BCUT2D eigenvalue weighted by Gasteiger charge is 2.18. The maximum absolute atomic E-state index is 12.2. The van der Waals surface area contributed by atoms with Crippen LogP contribution in [0.1, 0.15) is 28.7 Å². The van der Waals surface area contributed by atoms with Crippen molar-refractivity contribution in [3.05, 3.63) is 64.7 Å². The maximum Gasteiger partial charge on any atom is 0.259 e. The molecule has 2 aromatic rings. The second-order valence-electron chi connectivity index (χ2n) is 6.31. The number of hydrogen-bond acceptors (Lipinski definition) is 3. The molecule has 0 bridgehead atoms. The average Bonchev–Trinajstić information content (AvgIpc) is 2.57. The summed E-state index contributed by atoms with van der Waals surface area (Å²) in [5.41, 5.74) is 8.51. The van der Waals surface area contributed by atoms with Gasteiger partial charge in [-0.1, -0.05) is 42.0 Å². The van der Waals surface area contributed by atoms with E-state index in [0.29, 0.717) is 6.54 Å². The van der Waals surface area contributed by atoms with E-state index in [4.69, 9.17) is 0 Å². The molecule has 4 heteroatoms. The lowest BCUT2D eigenvalue weighted by atomic mass is 10.0. The van der Waals surface area contributed by atoms with Gasteiger partial charge >= 0.3 is 0 Å². The van der Waals surface area contributed by atoms with Gasteiger partial charge in [0, 0.05) is 12.2 Å². The molecule has 0 saturated carbocycles. The second kappa shape index (κ2) is 7.30. The van der Waals surface area contributed by atoms with Gasteiger partial charge in [0.05, 0.1) is 12.8 Å². The van der Waals surface area contributed by atoms with Crippen molar-refractivity contribution in [1.82, 2.24) is 5.43 Å². The number of carbonyl (C=O) groups excluding carboxylic acids is 1. The number of benzene rings is 2. The topological polar surface area (TPSA) is 44.7 Å². The largest absolute Gasteiger partial charge is 0.362 e. The molecule has 0 spiro atoms. The van der Waals surface area contributed by atoms with Crippen LogP contribution in [0.15, 0.2) is 47.6 Å². The van der Waals surface area contributed by atoms with E-state index in [0.717, 1.165) is 36.2 Å². The third kappa shape index (κ3) is 3.82. The van der Waals surface area contributed by atoms with E-state index < -0.39 is 0 Å². The van der Waals surface area contributed by atoms with Crippen molar-refractivity contribution < 1.29 is 4.79 Å². The minimum atomic E-state index is -0.0901. The highest BCUT2D eigenvalue weighted by Crippen LogP contribution is 2.26. The summed E-state index contributed by atoms with van der Waals surface area (Å²) < 4.78 is 0. The molecule has 2 aromatic carbocycles. The van der Waals surface area contributed by atoms with Gasteiger partial charge in [-0.05, 0) is 49.4 Å². The molecule has 24 heavy (non-hydrogen) atoms. The zero-order valence-electron chi connectivity index (χ0n) is 14.2. The molecule has 1 amide bonds. The smallest absolute Gasteiger partial charge is 0.259 e. The normalized spacial score (nSPS) is 13.8. The third-order valence-electron chi connectivity index (χ3n) is 4.36. The summed E-state index contributed by atoms with van der Waals surface area (Å²) in [5, 5.41) is 4.10. The van der Waals surface area contributed by atoms with E-state index in [1.54, 1.807) is 6.21 Å². The monoisotopic (exact) mass is 321 g/mol. The lowest BCUT2D eigenvalue weighted by Crippen LogP contribution is -2.38. The summed E-state index contributed by atoms with van der Waals surface area (Å²) in [6.45, 7) is 5.35. The van der Waals surface area contributed by atoms with Crippen LogP contribution in [0.3, 0.4) is 0 Å². The van der Waals surface area contributed by atoms with Crippen LogP contribution in [-0.2, 0) is 11.2 Å². The van der Waals surface area contributed by atoms with Gasteiger partial charge in [0.1, 0.15) is 0 Å². The van der Waals surface area contributed by atoms with Gasteiger partial charge in [-0.25, -0.2) is 5.43 Å². The Morgan fingerprint density at radius 1 is 1.25 bits per heavy atom. The molecule has 0 fully saturated rings. The first-order valence-electron chi connectivity index (χ1n) is 8.35. The number of hydrogen-bond donors (Lipinski definition) is 1. The van der Waals surface area contributed by atoms with E-state index >= 15 is 0 Å². The Labute approximate surface area is 143 Å². The van der Waals surface area contributed by atoms with Gasteiger partial charge in [0.25, 0.3) is 5.91 Å². The first kappa shape index (κ1) is 16.2. The number of para-hydroxylation sites is 1. The van der Waals surface area contributed by atoms with Crippen molar-refractivity contribution in [3.63, 3.8) is 0 Å². The van der Waals surface area contributed by atoms with Crippen LogP contribution in [0.5, 0.6) is 0 Å². The summed E-state index contributed by atoms with van der Waals surface area (Å²) in [4.78, 5) is 14.3. The Hall–Kier alpha value is -2.62. The number of fused-ring (bicyclic) bond motifs is 1. The standard InChI is InChI=1S/C20H23N3O/c1-15-9-10-18(16(2)12-15)13-21-22-20(24)14-23-11-5-7-17-6-3-4-8-19(17)23/h3-4,6,8-10,12-13H,5,7,11,14H2,1-2H3,(H,22,24). The molecule has 0 atom stereocenters. The minimum absolute atomic E-state index is 0.0901. The number of aryl methyl sites for hydroxylation is 3. The molecule has 3 rings (SSSR count). The van der Waals surface area contributed by atoms with Crippen molar-refractivity contribution >= 4 is 17.8 Å². The summed E-state index contributed by atoms with van der Waals surface area (Å²) >= 11 is 0. The van der Waals surface area contributed by atoms with Gasteiger partial charge in [-0.2, -0.15) is 5.10 Å². The Kier molecular flexibility index (Phi) is 4.94. The number of nitrogens with one attached hydrogen (secondary N) is 1. The first-order valence-corrected chi connectivity index (χ1v) is 8.35. The Bertz CT molecular complexity index is 767. The van der Waals surface area contributed by atoms with E-state index in [1.807, 2.05) is 25.1 Å². The van der Waals surface area contributed by atoms with Crippen LogP contribution in [0.4, 0.5) is 5.69 Å². The van der Waals surface area contributed by atoms with E-state index in [-0.39, 0.29) is 5.91 Å². The predicted octanol–water partition coefficient (Wildman–Crippen LogP) is 3.21. The zero-order valence-corrected chi connectivity index (χ0v) is 14.2. The molecule has 0 aliphatic carbocycles. The molecule has 1 aliphatic heterocycles. The Balaban J connectivity index is 1.59. The van der Waals surface area contributed by atoms with E-state index in [9.17, 15) is 4.79 Å². The fraction of sp³-hybridized carbons (Fsp3) is 0.300. The van der Waals surface area contributed by atoms with Crippen LogP contribution in [0.2, 0.25) is 0 Å². The van der Waals surface area contributed by atoms with Gasteiger partial charge in [0.15, 0.2) is 0 Å². The maximum atomic E-state index is 12.2. The highest BCUT2D eigenvalue weighted by molar-refractivity contribution is 5.85. The minimum Gasteiger partial charge on any atom is -0.362 e. The molecule has 0 unspecified atom stereocenters. The zero-order chi connectivity index (χ0) is 16.9. The third-order valence-corrected chi connectivity index (χ3v) is 4.36. The van der Waals surface area contributed by atoms with Crippen molar-refractivity contribution in [2.24, 2.45) is 5.10 Å². The van der Waals surface area contributed by atoms with E-state index in [1.165, 1.54) is 11.1 Å². The molecule has 0 saturated heterocycles. The fourth-order valence-electron chi connectivity index (χ4n) is 3.13. The van der Waals surface area contributed by atoms with Gasteiger partial charge < -0.3 is 4.90 Å². The molecular formula is C20H23N3O. The fourth-order valence-corrected chi connectivity index (χ4v) is 3.13. The Morgan fingerprint density at radius 2 is 2.08 bits per heavy atom. The summed E-state index contributed by atoms with van der Waals surface area (Å²) in [5.74, 6) is -0.0901. The van der Waals surface area contributed by atoms with Crippen molar-refractivity contribution in [2.75, 3.05) is 18.0 Å². The molecular weight excluding hydrogens is 298 g/mol. The predicted molar refractivity (Wildman–Crippen MR) is 98.6 cm³/mol. The van der Waals surface area contributed by atoms with Gasteiger partial charge in [-0.3, -0.25) is 4.79 Å². The molecule has 0 aromatic heterocycles. The van der Waals surface area contributed by atoms with Crippen LogP contribution < -0.4 is 10.3 Å². The average molecular weight is 321 g/mol. The quantitative estimate of drug-likeness (QED) is 0.694. The molecule has 0 radical (unpaired) electrons. The van der Waals surface area contributed by atoms with Crippen molar-refractivity contribution in [2.45, 2.75) is 26.7 Å². The molecule has 4 nitrogen and oxygen atoms in total. The van der Waals surface area contributed by atoms with Crippen LogP contribution in [0, 0.1) is 13.8 Å². The van der Waals surface area contributed by atoms with Crippen LogP contribution >= 0.6 is 0 Å². The number of anilines is 1.